The van der Waals surface area contributed by atoms with E-state index in [9.17, 15) is 4.39 Å². The molecule has 1 aromatic carbocycles. The molecule has 4 rings (SSSR count). The lowest BCUT2D eigenvalue weighted by Gasteiger charge is -2.28. The van der Waals surface area contributed by atoms with Crippen molar-refractivity contribution in [3.05, 3.63) is 46.6 Å². The standard InChI is InChI=1S/C29H41FN4O2S/c1-7-20(17-31-4)14-18(2)15-26-19(3)27-28(34(5)33-29(27)37-26)32-24-13-8-21(30)16-25(24)36-23-11-9-22(35-6)10-12-23/h8,13,16,20,22-23,31-32H,2,7,9-12,14-15,17H2,1,3-6H3. The normalized spacial score (nSPS) is 18.8. The Bertz CT molecular complexity index is 1210. The maximum Gasteiger partial charge on any atom is 0.148 e. The molecule has 0 aliphatic heterocycles. The van der Waals surface area contributed by atoms with Crippen molar-refractivity contribution >= 4 is 33.1 Å². The number of hydrogen-bond acceptors (Lipinski definition) is 6. The van der Waals surface area contributed by atoms with Gasteiger partial charge in [-0.2, -0.15) is 5.10 Å². The van der Waals surface area contributed by atoms with Crippen LogP contribution < -0.4 is 15.4 Å². The number of nitrogens with one attached hydrogen (secondary N) is 2. The molecule has 1 aliphatic rings. The van der Waals surface area contributed by atoms with Crippen LogP contribution in [0.5, 0.6) is 5.75 Å². The number of ether oxygens (including phenoxy) is 2. The summed E-state index contributed by atoms with van der Waals surface area (Å²) in [6.07, 6.45) is 7.07. The minimum absolute atomic E-state index is 0.0515. The van der Waals surface area contributed by atoms with Crippen LogP contribution in [0.1, 0.15) is 55.9 Å². The average Bonchev–Trinajstić information content (AvgIpc) is 3.34. The molecule has 1 aliphatic carbocycles. The Morgan fingerprint density at radius 1 is 1.27 bits per heavy atom. The molecule has 0 radical (unpaired) electrons. The number of aromatic nitrogens is 2. The summed E-state index contributed by atoms with van der Waals surface area (Å²) in [5, 5.41) is 12.7. The zero-order valence-corrected chi connectivity index (χ0v) is 23.6. The number of fused-ring (bicyclic) bond motifs is 1. The highest BCUT2D eigenvalue weighted by molar-refractivity contribution is 7.19. The van der Waals surface area contributed by atoms with Gasteiger partial charge in [-0.25, -0.2) is 4.39 Å². The number of methoxy groups -OCH3 is 1. The molecule has 8 heteroatoms. The second kappa shape index (κ2) is 12.4. The van der Waals surface area contributed by atoms with Gasteiger partial charge in [0, 0.05) is 31.5 Å². The van der Waals surface area contributed by atoms with Crippen molar-refractivity contribution in [1.82, 2.24) is 15.1 Å². The van der Waals surface area contributed by atoms with Crippen LogP contribution in [0.25, 0.3) is 10.2 Å². The van der Waals surface area contributed by atoms with Gasteiger partial charge in [-0.15, -0.1) is 11.3 Å². The van der Waals surface area contributed by atoms with Gasteiger partial charge in [-0.3, -0.25) is 4.68 Å². The van der Waals surface area contributed by atoms with E-state index in [2.05, 4.69) is 31.1 Å². The van der Waals surface area contributed by atoms with E-state index >= 15 is 0 Å². The maximum atomic E-state index is 14.2. The number of hydrogen-bond donors (Lipinski definition) is 2. The van der Waals surface area contributed by atoms with Gasteiger partial charge < -0.3 is 20.1 Å². The highest BCUT2D eigenvalue weighted by Gasteiger charge is 2.24. The zero-order chi connectivity index (χ0) is 26.5. The molecule has 2 aromatic heterocycles. The predicted octanol–water partition coefficient (Wildman–Crippen LogP) is 6.90. The lowest BCUT2D eigenvalue weighted by atomic mass is 9.95. The molecule has 6 nitrogen and oxygen atoms in total. The number of thiophene rings is 1. The van der Waals surface area contributed by atoms with Gasteiger partial charge >= 0.3 is 0 Å². The predicted molar refractivity (Wildman–Crippen MR) is 152 cm³/mol. The molecule has 1 unspecified atom stereocenters. The summed E-state index contributed by atoms with van der Waals surface area (Å²) in [5.41, 5.74) is 3.22. The third-order valence-corrected chi connectivity index (χ3v) is 8.71. The molecule has 1 atom stereocenters. The minimum Gasteiger partial charge on any atom is -0.488 e. The average molecular weight is 529 g/mol. The minimum atomic E-state index is -0.308. The molecule has 0 amide bonds. The van der Waals surface area contributed by atoms with Crippen LogP contribution in [0.15, 0.2) is 30.4 Å². The second-order valence-corrected chi connectivity index (χ2v) is 11.4. The van der Waals surface area contributed by atoms with Crippen LogP contribution in [0, 0.1) is 18.7 Å². The van der Waals surface area contributed by atoms with Crippen molar-refractivity contribution in [2.45, 2.75) is 71.0 Å². The van der Waals surface area contributed by atoms with E-state index < -0.39 is 0 Å². The lowest BCUT2D eigenvalue weighted by molar-refractivity contribution is 0.0329. The summed E-state index contributed by atoms with van der Waals surface area (Å²) in [6.45, 7) is 9.79. The van der Waals surface area contributed by atoms with Crippen LogP contribution in [-0.2, 0) is 18.2 Å². The smallest absolute Gasteiger partial charge is 0.148 e. The largest absolute Gasteiger partial charge is 0.488 e. The van der Waals surface area contributed by atoms with Gasteiger partial charge in [0.15, 0.2) is 0 Å². The van der Waals surface area contributed by atoms with Crippen molar-refractivity contribution in [2.75, 3.05) is 26.0 Å². The Balaban J connectivity index is 1.54. The summed E-state index contributed by atoms with van der Waals surface area (Å²) in [4.78, 5) is 2.30. The number of aryl methyl sites for hydroxylation is 2. The fourth-order valence-electron chi connectivity index (χ4n) is 5.30. The molecular formula is C29H41FN4O2S. The molecule has 2 heterocycles. The lowest BCUT2D eigenvalue weighted by Crippen LogP contribution is -2.27. The number of anilines is 2. The SMILES string of the molecule is C=C(Cc1sc2nn(C)c(Nc3ccc(F)cc3OC3CCC(OC)CC3)c2c1C)CC(CC)CNC. The summed E-state index contributed by atoms with van der Waals surface area (Å²) in [6, 6.07) is 4.70. The Labute approximate surface area is 224 Å². The zero-order valence-electron chi connectivity index (χ0n) is 22.8. The summed E-state index contributed by atoms with van der Waals surface area (Å²) < 4.78 is 27.9. The Kier molecular flexibility index (Phi) is 9.27. The molecule has 0 bridgehead atoms. The van der Waals surface area contributed by atoms with Crippen LogP contribution in [-0.4, -0.2) is 42.7 Å². The van der Waals surface area contributed by atoms with Gasteiger partial charge in [-0.1, -0.05) is 25.5 Å². The van der Waals surface area contributed by atoms with Crippen LogP contribution >= 0.6 is 11.3 Å². The number of allylic oxidation sites excluding steroid dienone is 1. The Morgan fingerprint density at radius 3 is 2.68 bits per heavy atom. The van der Waals surface area contributed by atoms with E-state index in [0.717, 1.165) is 73.2 Å². The van der Waals surface area contributed by atoms with Crippen molar-refractivity contribution in [1.29, 1.82) is 0 Å². The van der Waals surface area contributed by atoms with Gasteiger partial charge in [0.05, 0.1) is 23.3 Å². The third kappa shape index (κ3) is 6.54. The highest BCUT2D eigenvalue weighted by atomic mass is 32.1. The molecule has 0 spiro atoms. The molecule has 3 aromatic rings. The van der Waals surface area contributed by atoms with Crippen molar-refractivity contribution in [3.8, 4) is 5.75 Å². The first-order valence-corrected chi connectivity index (χ1v) is 14.2. The van der Waals surface area contributed by atoms with E-state index in [4.69, 9.17) is 14.6 Å². The molecule has 2 N–H and O–H groups in total. The third-order valence-electron chi connectivity index (χ3n) is 7.53. The number of rotatable bonds is 12. The van der Waals surface area contributed by atoms with Gasteiger partial charge in [0.1, 0.15) is 22.2 Å². The monoisotopic (exact) mass is 528 g/mol. The number of nitrogens with zero attached hydrogens (tertiary/aromatic N) is 2. The van der Waals surface area contributed by atoms with Crippen molar-refractivity contribution in [3.63, 3.8) is 0 Å². The molecular weight excluding hydrogens is 487 g/mol. The van der Waals surface area contributed by atoms with E-state index in [0.29, 0.717) is 11.7 Å². The van der Waals surface area contributed by atoms with Crippen LogP contribution in [0.2, 0.25) is 0 Å². The quantitative estimate of drug-likeness (QED) is 0.251. The summed E-state index contributed by atoms with van der Waals surface area (Å²) in [7, 11) is 5.70. The number of benzene rings is 1. The van der Waals surface area contributed by atoms with E-state index in [1.54, 1.807) is 24.5 Å². The first kappa shape index (κ1) is 27.6. The second-order valence-electron chi connectivity index (χ2n) is 10.3. The molecule has 202 valence electrons. The summed E-state index contributed by atoms with van der Waals surface area (Å²) in [5.74, 6) is 1.72. The molecule has 0 saturated heterocycles. The van der Waals surface area contributed by atoms with Gasteiger partial charge in [0.2, 0.25) is 0 Å². The topological polar surface area (TPSA) is 60.3 Å². The van der Waals surface area contributed by atoms with Crippen LogP contribution in [0.3, 0.4) is 0 Å². The fraction of sp³-hybridized carbons (Fsp3) is 0.552. The van der Waals surface area contributed by atoms with Gasteiger partial charge in [0.25, 0.3) is 0 Å². The van der Waals surface area contributed by atoms with E-state index in [-0.39, 0.29) is 18.0 Å². The van der Waals surface area contributed by atoms with Gasteiger partial charge in [-0.05, 0) is 76.2 Å². The number of halogens is 1. The Morgan fingerprint density at radius 2 is 2.00 bits per heavy atom. The van der Waals surface area contributed by atoms with E-state index in [1.807, 2.05) is 18.8 Å². The first-order valence-electron chi connectivity index (χ1n) is 13.3. The summed E-state index contributed by atoms with van der Waals surface area (Å²) >= 11 is 1.73. The molecule has 1 saturated carbocycles. The van der Waals surface area contributed by atoms with E-state index in [1.165, 1.54) is 28.1 Å². The molecule has 1 fully saturated rings. The fourth-order valence-corrected chi connectivity index (χ4v) is 6.58. The van der Waals surface area contributed by atoms with Crippen LogP contribution in [0.4, 0.5) is 15.9 Å². The maximum absolute atomic E-state index is 14.2. The first-order chi connectivity index (χ1) is 17.8. The van der Waals surface area contributed by atoms with Crippen molar-refractivity contribution in [2.24, 2.45) is 13.0 Å². The van der Waals surface area contributed by atoms with Crippen molar-refractivity contribution < 1.29 is 13.9 Å². The Hall–Kier alpha value is -2.42. The molecule has 37 heavy (non-hydrogen) atoms. The highest BCUT2D eigenvalue weighted by Crippen LogP contribution is 2.40.